The van der Waals surface area contributed by atoms with Gasteiger partial charge in [-0.3, -0.25) is 4.79 Å². The van der Waals surface area contributed by atoms with Crippen LogP contribution in [0.1, 0.15) is 30.9 Å². The second-order valence-electron chi connectivity index (χ2n) is 8.03. The average Bonchev–Trinajstić information content (AvgIpc) is 3.13. The first kappa shape index (κ1) is 21.1. The number of aryl methyl sites for hydroxylation is 1. The van der Waals surface area contributed by atoms with Gasteiger partial charge in [0.1, 0.15) is 11.6 Å². The largest absolute Gasteiger partial charge is 0.441 e. The molecule has 1 aromatic carbocycles. The monoisotopic (exact) mass is 420 g/mol. The Morgan fingerprint density at radius 3 is 2.55 bits per heavy atom. The van der Waals surface area contributed by atoms with Crippen molar-refractivity contribution in [2.24, 2.45) is 0 Å². The Balaban J connectivity index is 1.32. The zero-order valence-electron chi connectivity index (χ0n) is 18.2. The second kappa shape index (κ2) is 9.31. The summed E-state index contributed by atoms with van der Waals surface area (Å²) in [6.45, 7) is 8.06. The SMILES string of the molecule is Cc1oc(-c2ccccc2)nc1CC(=O)NCc1ccc(N2C[C@H](C)O[C@@H](C)C2)nc1. The quantitative estimate of drug-likeness (QED) is 0.657. The van der Waals surface area contributed by atoms with E-state index in [9.17, 15) is 4.79 Å². The van der Waals surface area contributed by atoms with Crippen LogP contribution in [0.2, 0.25) is 0 Å². The molecule has 7 nitrogen and oxygen atoms in total. The molecule has 1 amide bonds. The van der Waals surface area contributed by atoms with E-state index >= 15 is 0 Å². The smallest absolute Gasteiger partial charge is 0.226 e. The van der Waals surface area contributed by atoms with Gasteiger partial charge in [0.15, 0.2) is 0 Å². The molecule has 1 aliphatic rings. The number of amides is 1. The van der Waals surface area contributed by atoms with E-state index in [1.807, 2.05) is 55.6 Å². The number of carbonyl (C=O) groups is 1. The van der Waals surface area contributed by atoms with Gasteiger partial charge in [-0.2, -0.15) is 0 Å². The summed E-state index contributed by atoms with van der Waals surface area (Å²) in [4.78, 5) is 23.7. The Hall–Kier alpha value is -3.19. The minimum Gasteiger partial charge on any atom is -0.441 e. The summed E-state index contributed by atoms with van der Waals surface area (Å²) in [5, 5.41) is 2.94. The molecule has 7 heteroatoms. The predicted molar refractivity (Wildman–Crippen MR) is 119 cm³/mol. The van der Waals surface area contributed by atoms with Gasteiger partial charge in [-0.1, -0.05) is 24.3 Å². The van der Waals surface area contributed by atoms with E-state index in [1.54, 1.807) is 0 Å². The molecule has 4 rings (SSSR count). The molecule has 2 aromatic heterocycles. The number of hydrogen-bond acceptors (Lipinski definition) is 6. The maximum Gasteiger partial charge on any atom is 0.226 e. The molecule has 3 aromatic rings. The highest BCUT2D eigenvalue weighted by Gasteiger charge is 2.23. The van der Waals surface area contributed by atoms with E-state index in [0.29, 0.717) is 23.9 Å². The molecule has 0 unspecified atom stereocenters. The molecule has 1 aliphatic heterocycles. The molecular weight excluding hydrogens is 392 g/mol. The van der Waals surface area contributed by atoms with E-state index in [4.69, 9.17) is 9.15 Å². The minimum absolute atomic E-state index is 0.101. The van der Waals surface area contributed by atoms with Gasteiger partial charge in [-0.25, -0.2) is 9.97 Å². The van der Waals surface area contributed by atoms with Gasteiger partial charge in [0.05, 0.1) is 24.3 Å². The third-order valence-corrected chi connectivity index (χ3v) is 5.28. The fraction of sp³-hybridized carbons (Fsp3) is 0.375. The lowest BCUT2D eigenvalue weighted by Gasteiger charge is -2.36. The summed E-state index contributed by atoms with van der Waals surface area (Å²) in [6.07, 6.45) is 2.37. The van der Waals surface area contributed by atoms with Crippen molar-refractivity contribution in [1.82, 2.24) is 15.3 Å². The van der Waals surface area contributed by atoms with Crippen molar-refractivity contribution in [3.63, 3.8) is 0 Å². The number of benzene rings is 1. The van der Waals surface area contributed by atoms with Crippen molar-refractivity contribution < 1.29 is 13.9 Å². The second-order valence-corrected chi connectivity index (χ2v) is 8.03. The third-order valence-electron chi connectivity index (χ3n) is 5.28. The van der Waals surface area contributed by atoms with E-state index in [0.717, 1.165) is 30.0 Å². The third kappa shape index (κ3) is 5.30. The van der Waals surface area contributed by atoms with E-state index in [2.05, 4.69) is 34.0 Å². The maximum atomic E-state index is 12.4. The summed E-state index contributed by atoms with van der Waals surface area (Å²) in [5.74, 6) is 2.03. The van der Waals surface area contributed by atoms with Crippen molar-refractivity contribution in [2.45, 2.75) is 45.9 Å². The van der Waals surface area contributed by atoms with Crippen LogP contribution in [-0.4, -0.2) is 41.2 Å². The lowest BCUT2D eigenvalue weighted by atomic mass is 10.2. The number of nitrogens with one attached hydrogen (secondary N) is 1. The topological polar surface area (TPSA) is 80.5 Å². The molecule has 1 N–H and O–H groups in total. The highest BCUT2D eigenvalue weighted by molar-refractivity contribution is 5.78. The molecule has 162 valence electrons. The van der Waals surface area contributed by atoms with Crippen molar-refractivity contribution in [3.05, 3.63) is 65.7 Å². The highest BCUT2D eigenvalue weighted by atomic mass is 16.5. The van der Waals surface area contributed by atoms with Crippen LogP contribution in [0.4, 0.5) is 5.82 Å². The van der Waals surface area contributed by atoms with Gasteiger partial charge in [-0.05, 0) is 44.5 Å². The Labute approximate surface area is 182 Å². The summed E-state index contributed by atoms with van der Waals surface area (Å²) in [5.41, 5.74) is 2.50. The summed E-state index contributed by atoms with van der Waals surface area (Å²) < 4.78 is 11.5. The lowest BCUT2D eigenvalue weighted by Crippen LogP contribution is -2.45. The first-order valence-electron chi connectivity index (χ1n) is 10.6. The van der Waals surface area contributed by atoms with E-state index in [1.165, 1.54) is 0 Å². The molecule has 0 spiro atoms. The number of ether oxygens (including phenoxy) is 1. The minimum atomic E-state index is -0.101. The number of oxazole rings is 1. The van der Waals surface area contributed by atoms with Gasteiger partial charge >= 0.3 is 0 Å². The molecular formula is C24H28N4O3. The molecule has 2 atom stereocenters. The average molecular weight is 421 g/mol. The van der Waals surface area contributed by atoms with Crippen molar-refractivity contribution in [1.29, 1.82) is 0 Å². The Morgan fingerprint density at radius 1 is 1.13 bits per heavy atom. The van der Waals surface area contributed by atoms with Gasteiger partial charge in [0.2, 0.25) is 11.8 Å². The molecule has 3 heterocycles. The molecule has 0 saturated carbocycles. The zero-order valence-corrected chi connectivity index (χ0v) is 18.2. The van der Waals surface area contributed by atoms with Crippen LogP contribution >= 0.6 is 0 Å². The van der Waals surface area contributed by atoms with Gasteiger partial charge in [-0.15, -0.1) is 0 Å². The number of pyridine rings is 1. The van der Waals surface area contributed by atoms with E-state index < -0.39 is 0 Å². The zero-order chi connectivity index (χ0) is 21.8. The molecule has 31 heavy (non-hydrogen) atoms. The van der Waals surface area contributed by atoms with Gasteiger partial charge in [0.25, 0.3) is 0 Å². The number of morpholine rings is 1. The molecule has 0 aliphatic carbocycles. The number of anilines is 1. The Bertz CT molecular complexity index is 1010. The van der Waals surface area contributed by atoms with Crippen molar-refractivity contribution in [2.75, 3.05) is 18.0 Å². The van der Waals surface area contributed by atoms with E-state index in [-0.39, 0.29) is 24.5 Å². The van der Waals surface area contributed by atoms with Crippen LogP contribution in [0, 0.1) is 6.92 Å². The van der Waals surface area contributed by atoms with Crippen LogP contribution in [0.5, 0.6) is 0 Å². The number of hydrogen-bond donors (Lipinski definition) is 1. The van der Waals surface area contributed by atoms with Crippen LogP contribution in [0.25, 0.3) is 11.5 Å². The molecule has 1 fully saturated rings. The molecule has 0 radical (unpaired) electrons. The first-order valence-corrected chi connectivity index (χ1v) is 10.6. The predicted octanol–water partition coefficient (Wildman–Crippen LogP) is 3.52. The highest BCUT2D eigenvalue weighted by Crippen LogP contribution is 2.22. The maximum absolute atomic E-state index is 12.4. The summed E-state index contributed by atoms with van der Waals surface area (Å²) in [6, 6.07) is 13.7. The number of aromatic nitrogens is 2. The van der Waals surface area contributed by atoms with Crippen molar-refractivity contribution in [3.8, 4) is 11.5 Å². The van der Waals surface area contributed by atoms with Gasteiger partial charge < -0.3 is 19.4 Å². The number of nitrogens with zero attached hydrogens (tertiary/aromatic N) is 3. The lowest BCUT2D eigenvalue weighted by molar-refractivity contribution is -0.120. The van der Waals surface area contributed by atoms with Crippen LogP contribution in [0.15, 0.2) is 53.1 Å². The summed E-state index contributed by atoms with van der Waals surface area (Å²) >= 11 is 0. The Kier molecular flexibility index (Phi) is 6.32. The van der Waals surface area contributed by atoms with Crippen LogP contribution in [-0.2, 0) is 22.5 Å². The van der Waals surface area contributed by atoms with Gasteiger partial charge in [0, 0.05) is 31.4 Å². The first-order chi connectivity index (χ1) is 15.0. The summed E-state index contributed by atoms with van der Waals surface area (Å²) in [7, 11) is 0. The Morgan fingerprint density at radius 2 is 1.87 bits per heavy atom. The van der Waals surface area contributed by atoms with Crippen LogP contribution in [0.3, 0.4) is 0 Å². The fourth-order valence-corrected chi connectivity index (χ4v) is 3.78. The van der Waals surface area contributed by atoms with Crippen molar-refractivity contribution >= 4 is 11.7 Å². The molecule has 1 saturated heterocycles. The van der Waals surface area contributed by atoms with Crippen LogP contribution < -0.4 is 10.2 Å². The standard InChI is InChI=1S/C24H28N4O3/c1-16-14-28(15-17(2)30-16)22-10-9-19(12-25-22)13-26-23(29)11-21-18(3)31-24(27-21)20-7-5-4-6-8-20/h4-10,12,16-17H,11,13-15H2,1-3H3,(H,26,29)/t16-,17-/m0/s1. The number of carbonyl (C=O) groups excluding carboxylic acids is 1. The normalized spacial score (nSPS) is 18.7. The molecule has 0 bridgehead atoms. The fourth-order valence-electron chi connectivity index (χ4n) is 3.78. The number of rotatable bonds is 6.